The lowest BCUT2D eigenvalue weighted by molar-refractivity contribution is -0.131. The van der Waals surface area contributed by atoms with Crippen LogP contribution in [-0.2, 0) is 4.79 Å². The second-order valence-electron chi connectivity index (χ2n) is 1.94. The van der Waals surface area contributed by atoms with Gasteiger partial charge in [0.25, 0.3) is 0 Å². The Labute approximate surface area is 63.2 Å². The molecule has 2 unspecified atom stereocenters. The zero-order chi connectivity index (χ0) is 8.85. The van der Waals surface area contributed by atoms with Crippen molar-refractivity contribution in [1.29, 1.82) is 0 Å². The predicted octanol–water partition coefficient (Wildman–Crippen LogP) is -1.66. The molecule has 0 fully saturated rings. The number of carbonyl (C=O) groups is 1. The summed E-state index contributed by atoms with van der Waals surface area (Å²) in [6, 6.07) is 0. The molecule has 0 aromatic rings. The van der Waals surface area contributed by atoms with Gasteiger partial charge in [0, 0.05) is 6.08 Å². The lowest BCUT2D eigenvalue weighted by Gasteiger charge is -2.09. The molecule has 0 saturated heterocycles. The van der Waals surface area contributed by atoms with Gasteiger partial charge in [0.1, 0.15) is 12.2 Å². The first-order valence-corrected chi connectivity index (χ1v) is 2.96. The van der Waals surface area contributed by atoms with Crippen LogP contribution in [0.3, 0.4) is 0 Å². The summed E-state index contributed by atoms with van der Waals surface area (Å²) >= 11 is 0. The van der Waals surface area contributed by atoms with Gasteiger partial charge in [0.2, 0.25) is 0 Å². The molecule has 0 aliphatic heterocycles. The summed E-state index contributed by atoms with van der Waals surface area (Å²) in [4.78, 5) is 9.87. The Morgan fingerprint density at radius 3 is 2.36 bits per heavy atom. The number of aliphatic hydroxyl groups excluding tert-OH is 3. The average molecular weight is 162 g/mol. The number of aliphatic carboxylic acids is 1. The first-order chi connectivity index (χ1) is 5.07. The van der Waals surface area contributed by atoms with Crippen LogP contribution >= 0.6 is 0 Å². The van der Waals surface area contributed by atoms with Crippen LogP contribution in [0.25, 0.3) is 0 Å². The molecule has 0 spiro atoms. The Morgan fingerprint density at radius 1 is 1.45 bits per heavy atom. The SMILES string of the molecule is O=C(O)C=CC(O)C(O)CO. The highest BCUT2D eigenvalue weighted by Gasteiger charge is 2.11. The molecule has 0 aromatic heterocycles. The Morgan fingerprint density at radius 2 is 2.00 bits per heavy atom. The van der Waals surface area contributed by atoms with Gasteiger partial charge in [-0.25, -0.2) is 4.79 Å². The Balaban J connectivity index is 3.85. The van der Waals surface area contributed by atoms with Gasteiger partial charge >= 0.3 is 5.97 Å². The minimum absolute atomic E-state index is 0.606. The van der Waals surface area contributed by atoms with Crippen molar-refractivity contribution < 1.29 is 25.2 Å². The van der Waals surface area contributed by atoms with E-state index in [-0.39, 0.29) is 0 Å². The molecule has 0 bridgehead atoms. The molecular weight excluding hydrogens is 152 g/mol. The van der Waals surface area contributed by atoms with E-state index in [2.05, 4.69) is 0 Å². The zero-order valence-corrected chi connectivity index (χ0v) is 5.71. The molecule has 0 amide bonds. The Hall–Kier alpha value is -0.910. The fraction of sp³-hybridized carbons (Fsp3) is 0.500. The van der Waals surface area contributed by atoms with Gasteiger partial charge in [-0.05, 0) is 6.08 Å². The predicted molar refractivity (Wildman–Crippen MR) is 35.9 cm³/mol. The smallest absolute Gasteiger partial charge is 0.328 e. The lowest BCUT2D eigenvalue weighted by Crippen LogP contribution is -2.27. The van der Waals surface area contributed by atoms with Crippen molar-refractivity contribution >= 4 is 5.97 Å². The first-order valence-electron chi connectivity index (χ1n) is 2.96. The molecule has 5 nitrogen and oxygen atoms in total. The van der Waals surface area contributed by atoms with Crippen LogP contribution in [0.4, 0.5) is 0 Å². The largest absolute Gasteiger partial charge is 0.478 e. The summed E-state index contributed by atoms with van der Waals surface area (Å²) in [6.07, 6.45) is -1.08. The second-order valence-corrected chi connectivity index (χ2v) is 1.94. The van der Waals surface area contributed by atoms with E-state index in [0.29, 0.717) is 6.08 Å². The number of aliphatic hydroxyl groups is 3. The quantitative estimate of drug-likeness (QED) is 0.371. The van der Waals surface area contributed by atoms with Crippen molar-refractivity contribution in [3.8, 4) is 0 Å². The minimum atomic E-state index is -1.34. The fourth-order valence-electron chi connectivity index (χ4n) is 0.417. The normalized spacial score (nSPS) is 16.6. The van der Waals surface area contributed by atoms with Gasteiger partial charge in [-0.2, -0.15) is 0 Å². The standard InChI is InChI=1S/C6H10O5/c7-3-5(9)4(8)1-2-6(10)11/h1-2,4-5,7-9H,3H2,(H,10,11). The van der Waals surface area contributed by atoms with Crippen LogP contribution < -0.4 is 0 Å². The van der Waals surface area contributed by atoms with Crippen LogP contribution in [0, 0.1) is 0 Å². The van der Waals surface area contributed by atoms with Gasteiger partial charge in [0.05, 0.1) is 6.61 Å². The van der Waals surface area contributed by atoms with E-state index in [1.807, 2.05) is 0 Å². The molecule has 0 aliphatic carbocycles. The molecule has 0 aliphatic rings. The fourth-order valence-corrected chi connectivity index (χ4v) is 0.417. The van der Waals surface area contributed by atoms with E-state index in [4.69, 9.17) is 20.4 Å². The third kappa shape index (κ3) is 4.49. The second kappa shape index (κ2) is 4.84. The summed E-state index contributed by atoms with van der Waals surface area (Å²) < 4.78 is 0. The first kappa shape index (κ1) is 10.1. The third-order valence-electron chi connectivity index (χ3n) is 1.02. The number of hydrogen-bond acceptors (Lipinski definition) is 4. The number of hydrogen-bond donors (Lipinski definition) is 4. The van der Waals surface area contributed by atoms with Gasteiger partial charge < -0.3 is 20.4 Å². The molecule has 5 heteroatoms. The van der Waals surface area contributed by atoms with Crippen molar-refractivity contribution in [2.75, 3.05) is 6.61 Å². The average Bonchev–Trinajstić information content (AvgIpc) is 1.98. The van der Waals surface area contributed by atoms with Crippen LogP contribution in [0.15, 0.2) is 12.2 Å². The van der Waals surface area contributed by atoms with Crippen molar-refractivity contribution in [3.05, 3.63) is 12.2 Å². The lowest BCUT2D eigenvalue weighted by atomic mass is 10.2. The summed E-state index contributed by atoms with van der Waals surface area (Å²) in [5.74, 6) is -1.21. The summed E-state index contributed by atoms with van der Waals surface area (Å²) in [7, 11) is 0. The highest BCUT2D eigenvalue weighted by atomic mass is 16.4. The van der Waals surface area contributed by atoms with Crippen LogP contribution in [-0.4, -0.2) is 45.2 Å². The monoisotopic (exact) mass is 162 g/mol. The van der Waals surface area contributed by atoms with Gasteiger partial charge in [-0.15, -0.1) is 0 Å². The maximum absolute atomic E-state index is 9.87. The zero-order valence-electron chi connectivity index (χ0n) is 5.71. The van der Waals surface area contributed by atoms with E-state index >= 15 is 0 Å². The van der Waals surface area contributed by atoms with Crippen molar-refractivity contribution in [1.82, 2.24) is 0 Å². The highest BCUT2D eigenvalue weighted by molar-refractivity contribution is 5.79. The molecule has 0 radical (unpaired) electrons. The van der Waals surface area contributed by atoms with Gasteiger partial charge in [-0.3, -0.25) is 0 Å². The molecular formula is C6H10O5. The van der Waals surface area contributed by atoms with E-state index in [1.54, 1.807) is 0 Å². The molecule has 4 N–H and O–H groups in total. The topological polar surface area (TPSA) is 98.0 Å². The molecule has 0 aromatic carbocycles. The van der Waals surface area contributed by atoms with Crippen LogP contribution in [0.5, 0.6) is 0 Å². The number of carboxylic acid groups (broad SMARTS) is 1. The van der Waals surface area contributed by atoms with Gasteiger partial charge in [-0.1, -0.05) is 0 Å². The maximum Gasteiger partial charge on any atom is 0.328 e. The Kier molecular flexibility index (Phi) is 4.44. The third-order valence-corrected chi connectivity index (χ3v) is 1.02. The molecule has 0 heterocycles. The molecule has 64 valence electrons. The van der Waals surface area contributed by atoms with Gasteiger partial charge in [0.15, 0.2) is 0 Å². The highest BCUT2D eigenvalue weighted by Crippen LogP contribution is 1.93. The summed E-state index contributed by atoms with van der Waals surface area (Å²) in [5.41, 5.74) is 0. The molecule has 0 rings (SSSR count). The Bertz CT molecular complexity index is 153. The van der Waals surface area contributed by atoms with Crippen molar-refractivity contribution in [2.24, 2.45) is 0 Å². The molecule has 11 heavy (non-hydrogen) atoms. The molecule has 2 atom stereocenters. The number of carboxylic acids is 1. The van der Waals surface area contributed by atoms with Crippen molar-refractivity contribution in [3.63, 3.8) is 0 Å². The minimum Gasteiger partial charge on any atom is -0.478 e. The van der Waals surface area contributed by atoms with Crippen molar-refractivity contribution in [2.45, 2.75) is 12.2 Å². The maximum atomic E-state index is 9.87. The van der Waals surface area contributed by atoms with Crippen LogP contribution in [0.1, 0.15) is 0 Å². The van der Waals surface area contributed by atoms with E-state index in [9.17, 15) is 4.79 Å². The van der Waals surface area contributed by atoms with Crippen LogP contribution in [0.2, 0.25) is 0 Å². The number of rotatable bonds is 4. The summed E-state index contributed by atoms with van der Waals surface area (Å²) in [5, 5.41) is 33.9. The van der Waals surface area contributed by atoms with E-state index in [0.717, 1.165) is 6.08 Å². The van der Waals surface area contributed by atoms with E-state index < -0.39 is 24.8 Å². The molecule has 0 saturated carbocycles. The van der Waals surface area contributed by atoms with E-state index in [1.165, 1.54) is 0 Å². The summed E-state index contributed by atoms with van der Waals surface area (Å²) in [6.45, 7) is -0.606.